The number of carbonyl (C=O) groups excluding carboxylic acids is 1. The van der Waals surface area contributed by atoms with E-state index < -0.39 is 0 Å². The van der Waals surface area contributed by atoms with Gasteiger partial charge in [-0.1, -0.05) is 18.2 Å². The molecular formula is C19H14N2O2S. The first-order valence-corrected chi connectivity index (χ1v) is 8.29. The van der Waals surface area contributed by atoms with Crippen LogP contribution in [0.2, 0.25) is 0 Å². The molecule has 0 fully saturated rings. The van der Waals surface area contributed by atoms with E-state index in [0.29, 0.717) is 11.3 Å². The predicted molar refractivity (Wildman–Crippen MR) is 98.1 cm³/mol. The van der Waals surface area contributed by atoms with Gasteiger partial charge in [0, 0.05) is 27.2 Å². The second-order valence-corrected chi connectivity index (χ2v) is 6.37. The number of ether oxygens (including phenoxy) is 1. The molecule has 4 rings (SSSR count). The van der Waals surface area contributed by atoms with Crippen LogP contribution in [0.15, 0.2) is 60.9 Å². The molecule has 0 aliphatic heterocycles. The second kappa shape index (κ2) is 5.94. The first-order chi connectivity index (χ1) is 11.8. The first-order valence-electron chi connectivity index (χ1n) is 7.47. The average Bonchev–Trinajstić information content (AvgIpc) is 3.01. The van der Waals surface area contributed by atoms with E-state index in [-0.39, 0.29) is 5.91 Å². The Bertz CT molecular complexity index is 1040. The molecule has 2 aromatic heterocycles. The molecule has 118 valence electrons. The maximum absolute atomic E-state index is 12.8. The van der Waals surface area contributed by atoms with E-state index in [1.54, 1.807) is 36.9 Å². The van der Waals surface area contributed by atoms with Crippen molar-refractivity contribution in [3.8, 4) is 5.75 Å². The first kappa shape index (κ1) is 14.7. The van der Waals surface area contributed by atoms with Crippen LogP contribution < -0.4 is 10.1 Å². The van der Waals surface area contributed by atoms with Gasteiger partial charge in [-0.3, -0.25) is 9.78 Å². The third kappa shape index (κ3) is 2.39. The number of amides is 1. The van der Waals surface area contributed by atoms with E-state index in [2.05, 4.69) is 16.4 Å². The Balaban J connectivity index is 1.90. The molecule has 0 aliphatic carbocycles. The van der Waals surface area contributed by atoms with Crippen LogP contribution in [0.5, 0.6) is 5.75 Å². The van der Waals surface area contributed by atoms with Crippen LogP contribution in [-0.4, -0.2) is 18.0 Å². The Hall–Kier alpha value is -2.92. The van der Waals surface area contributed by atoms with Gasteiger partial charge < -0.3 is 10.1 Å². The fraction of sp³-hybridized carbons (Fsp3) is 0.0526. The second-order valence-electron chi connectivity index (χ2n) is 5.31. The summed E-state index contributed by atoms with van der Waals surface area (Å²) in [5.41, 5.74) is 1.30. The molecule has 0 radical (unpaired) electrons. The van der Waals surface area contributed by atoms with Crippen LogP contribution in [0.25, 0.3) is 20.2 Å². The van der Waals surface area contributed by atoms with E-state index in [4.69, 9.17) is 4.74 Å². The number of thiophene rings is 1. The van der Waals surface area contributed by atoms with Crippen molar-refractivity contribution < 1.29 is 9.53 Å². The molecule has 0 saturated heterocycles. The molecule has 0 aliphatic rings. The van der Waals surface area contributed by atoms with Crippen molar-refractivity contribution >= 4 is 43.1 Å². The summed E-state index contributed by atoms with van der Waals surface area (Å²) >= 11 is 1.63. The van der Waals surface area contributed by atoms with E-state index in [1.807, 2.05) is 36.4 Å². The lowest BCUT2D eigenvalue weighted by Gasteiger charge is -2.08. The van der Waals surface area contributed by atoms with Crippen LogP contribution in [0.1, 0.15) is 10.4 Å². The zero-order valence-electron chi connectivity index (χ0n) is 12.9. The smallest absolute Gasteiger partial charge is 0.256 e. The minimum absolute atomic E-state index is 0.154. The molecule has 2 heterocycles. The summed E-state index contributed by atoms with van der Waals surface area (Å²) in [7, 11) is 1.65. The summed E-state index contributed by atoms with van der Waals surface area (Å²) in [5, 5.41) is 4.89. The molecule has 1 N–H and O–H groups in total. The normalized spacial score (nSPS) is 10.9. The highest BCUT2D eigenvalue weighted by atomic mass is 32.1. The molecule has 4 nitrogen and oxygen atoms in total. The van der Waals surface area contributed by atoms with E-state index in [9.17, 15) is 4.79 Å². The lowest BCUT2D eigenvalue weighted by Crippen LogP contribution is -2.12. The van der Waals surface area contributed by atoms with Crippen molar-refractivity contribution in [2.24, 2.45) is 0 Å². The number of rotatable bonds is 3. The predicted octanol–water partition coefficient (Wildman–Crippen LogP) is 4.71. The summed E-state index contributed by atoms with van der Waals surface area (Å²) in [5.74, 6) is 0.628. The summed E-state index contributed by atoms with van der Waals surface area (Å²) < 4.78 is 7.59. The van der Waals surface area contributed by atoms with Crippen LogP contribution >= 0.6 is 11.3 Å². The largest absolute Gasteiger partial charge is 0.495 e. The monoisotopic (exact) mass is 334 g/mol. The number of hydrogen-bond donors (Lipinski definition) is 1. The Morgan fingerprint density at radius 3 is 2.79 bits per heavy atom. The van der Waals surface area contributed by atoms with E-state index in [1.165, 1.54) is 0 Å². The minimum atomic E-state index is -0.154. The Morgan fingerprint density at radius 2 is 2.00 bits per heavy atom. The van der Waals surface area contributed by atoms with Crippen molar-refractivity contribution in [2.75, 3.05) is 12.4 Å². The van der Waals surface area contributed by atoms with Gasteiger partial charge in [0.25, 0.3) is 5.91 Å². The number of carbonyl (C=O) groups is 1. The lowest BCUT2D eigenvalue weighted by molar-refractivity contribution is 0.102. The van der Waals surface area contributed by atoms with Gasteiger partial charge in [0.05, 0.1) is 23.7 Å². The van der Waals surface area contributed by atoms with Gasteiger partial charge in [0.2, 0.25) is 0 Å². The molecule has 0 unspecified atom stereocenters. The highest BCUT2D eigenvalue weighted by Gasteiger charge is 2.18. The molecule has 5 heteroatoms. The SMILES string of the molecule is COc1ccc(C(=O)Nc2cccnc2)c2c1sc1ccccc12. The minimum Gasteiger partial charge on any atom is -0.495 e. The van der Waals surface area contributed by atoms with Crippen molar-refractivity contribution in [3.05, 3.63) is 66.5 Å². The molecule has 0 atom stereocenters. The molecule has 0 saturated carbocycles. The van der Waals surface area contributed by atoms with Crippen LogP contribution in [0, 0.1) is 0 Å². The van der Waals surface area contributed by atoms with Crippen LogP contribution in [0.3, 0.4) is 0 Å². The summed E-state index contributed by atoms with van der Waals surface area (Å²) in [6.07, 6.45) is 3.30. The average molecular weight is 334 g/mol. The maximum atomic E-state index is 12.8. The molecule has 0 bridgehead atoms. The van der Waals surface area contributed by atoms with Crippen molar-refractivity contribution in [1.82, 2.24) is 4.98 Å². The Morgan fingerprint density at radius 1 is 1.12 bits per heavy atom. The molecule has 1 amide bonds. The van der Waals surface area contributed by atoms with E-state index in [0.717, 1.165) is 25.9 Å². The Kier molecular flexibility index (Phi) is 3.63. The van der Waals surface area contributed by atoms with Crippen LogP contribution in [-0.2, 0) is 0 Å². The number of pyridine rings is 1. The molecule has 4 aromatic rings. The van der Waals surface area contributed by atoms with Crippen molar-refractivity contribution in [1.29, 1.82) is 0 Å². The molecular weight excluding hydrogens is 320 g/mol. The van der Waals surface area contributed by atoms with Crippen LogP contribution in [0.4, 0.5) is 5.69 Å². The fourth-order valence-electron chi connectivity index (χ4n) is 2.79. The lowest BCUT2D eigenvalue weighted by atomic mass is 10.1. The quantitative estimate of drug-likeness (QED) is 0.590. The summed E-state index contributed by atoms with van der Waals surface area (Å²) in [4.78, 5) is 16.8. The third-order valence-electron chi connectivity index (χ3n) is 3.87. The standard InChI is InChI=1S/C19H14N2O2S/c1-23-15-9-8-14(19(22)21-12-5-4-10-20-11-12)17-13-6-2-3-7-16(13)24-18(15)17/h2-11H,1H3,(H,21,22). The van der Waals surface area contributed by atoms with Gasteiger partial charge in [-0.15, -0.1) is 11.3 Å². The summed E-state index contributed by atoms with van der Waals surface area (Å²) in [6.45, 7) is 0. The molecule has 0 spiro atoms. The zero-order valence-corrected chi connectivity index (χ0v) is 13.8. The number of hydrogen-bond acceptors (Lipinski definition) is 4. The zero-order chi connectivity index (χ0) is 16.5. The summed E-state index contributed by atoms with van der Waals surface area (Å²) in [6, 6.07) is 15.3. The molecule has 2 aromatic carbocycles. The number of nitrogens with one attached hydrogen (secondary N) is 1. The van der Waals surface area contributed by atoms with Gasteiger partial charge in [-0.05, 0) is 30.3 Å². The number of nitrogens with zero attached hydrogens (tertiary/aromatic N) is 1. The third-order valence-corrected chi connectivity index (χ3v) is 5.06. The van der Waals surface area contributed by atoms with Gasteiger partial charge in [0.15, 0.2) is 0 Å². The number of fused-ring (bicyclic) bond motifs is 3. The number of methoxy groups -OCH3 is 1. The van der Waals surface area contributed by atoms with E-state index >= 15 is 0 Å². The van der Waals surface area contributed by atoms with Gasteiger partial charge >= 0.3 is 0 Å². The Labute approximate surface area is 142 Å². The van der Waals surface area contributed by atoms with Gasteiger partial charge in [-0.2, -0.15) is 0 Å². The van der Waals surface area contributed by atoms with Gasteiger partial charge in [-0.25, -0.2) is 0 Å². The highest BCUT2D eigenvalue weighted by molar-refractivity contribution is 7.26. The maximum Gasteiger partial charge on any atom is 0.256 e. The topological polar surface area (TPSA) is 51.2 Å². The number of anilines is 1. The fourth-order valence-corrected chi connectivity index (χ4v) is 4.01. The molecule has 24 heavy (non-hydrogen) atoms. The number of benzene rings is 2. The number of aromatic nitrogens is 1. The van der Waals surface area contributed by atoms with Gasteiger partial charge in [0.1, 0.15) is 5.75 Å². The highest BCUT2D eigenvalue weighted by Crippen LogP contribution is 2.41. The van der Waals surface area contributed by atoms with Crippen molar-refractivity contribution in [2.45, 2.75) is 0 Å². The van der Waals surface area contributed by atoms with Crippen molar-refractivity contribution in [3.63, 3.8) is 0 Å².